The summed E-state index contributed by atoms with van der Waals surface area (Å²) in [5.74, 6) is 0. The van der Waals surface area contributed by atoms with Gasteiger partial charge in [-0.1, -0.05) is 34.1 Å². The van der Waals surface area contributed by atoms with Gasteiger partial charge >= 0.3 is 0 Å². The first-order valence-corrected chi connectivity index (χ1v) is 6.24. The maximum absolute atomic E-state index is 6.27. The van der Waals surface area contributed by atoms with Crippen LogP contribution in [-0.2, 0) is 0 Å². The second-order valence-electron chi connectivity index (χ2n) is 4.15. The molecule has 0 aliphatic carbocycles. The van der Waals surface area contributed by atoms with E-state index in [9.17, 15) is 0 Å². The molecule has 0 bridgehead atoms. The molecule has 1 atom stereocenters. The Bertz CT molecular complexity index is 520. The highest BCUT2D eigenvalue weighted by Gasteiger charge is 2.11. The van der Waals surface area contributed by atoms with Gasteiger partial charge in [-0.25, -0.2) is 0 Å². The van der Waals surface area contributed by atoms with Crippen molar-refractivity contribution in [1.29, 1.82) is 0 Å². The van der Waals surface area contributed by atoms with Gasteiger partial charge in [0.25, 0.3) is 0 Å². The van der Waals surface area contributed by atoms with Crippen LogP contribution in [0.25, 0.3) is 0 Å². The second kappa shape index (κ2) is 4.90. The molecule has 2 aromatic rings. The maximum atomic E-state index is 6.27. The molecule has 0 spiro atoms. The predicted molar refractivity (Wildman–Crippen MR) is 75.8 cm³/mol. The summed E-state index contributed by atoms with van der Waals surface area (Å²) in [6, 6.07) is 13.7. The van der Waals surface area contributed by atoms with E-state index in [-0.39, 0.29) is 6.04 Å². The van der Waals surface area contributed by atoms with Gasteiger partial charge in [0, 0.05) is 10.2 Å². The van der Waals surface area contributed by atoms with Crippen LogP contribution in [0, 0.1) is 6.92 Å². The highest BCUT2D eigenvalue weighted by Crippen LogP contribution is 2.26. The zero-order valence-electron chi connectivity index (χ0n) is 9.65. The van der Waals surface area contributed by atoms with Crippen LogP contribution in [0.3, 0.4) is 0 Å². The summed E-state index contributed by atoms with van der Waals surface area (Å²) in [6.07, 6.45) is 0. The van der Waals surface area contributed by atoms with E-state index in [1.807, 2.05) is 30.3 Å². The molecule has 0 amide bonds. The first kappa shape index (κ1) is 12.1. The van der Waals surface area contributed by atoms with E-state index in [0.29, 0.717) is 0 Å². The molecular weight excluding hydrogens is 276 g/mol. The van der Waals surface area contributed by atoms with Gasteiger partial charge in [-0.15, -0.1) is 0 Å². The lowest BCUT2D eigenvalue weighted by molar-refractivity contribution is 0.861. The highest BCUT2D eigenvalue weighted by molar-refractivity contribution is 9.10. The Kier molecular flexibility index (Phi) is 3.50. The first-order chi connectivity index (χ1) is 8.08. The van der Waals surface area contributed by atoms with Crippen LogP contribution in [-0.4, -0.2) is 0 Å². The molecule has 4 N–H and O–H groups in total. The molecule has 0 saturated heterocycles. The van der Waals surface area contributed by atoms with E-state index in [0.717, 1.165) is 21.3 Å². The molecule has 3 heteroatoms. The first-order valence-electron chi connectivity index (χ1n) is 5.45. The lowest BCUT2D eigenvalue weighted by Gasteiger charge is -2.15. The fraction of sp³-hybridized carbons (Fsp3) is 0.143. The van der Waals surface area contributed by atoms with Crippen molar-refractivity contribution < 1.29 is 0 Å². The molecule has 0 radical (unpaired) electrons. The Morgan fingerprint density at radius 3 is 2.35 bits per heavy atom. The number of nitrogen functional groups attached to an aromatic ring is 1. The smallest absolute Gasteiger partial charge is 0.0554 e. The van der Waals surface area contributed by atoms with Crippen LogP contribution < -0.4 is 11.5 Å². The average Bonchev–Trinajstić information content (AvgIpc) is 2.32. The zero-order chi connectivity index (χ0) is 12.4. The van der Waals surface area contributed by atoms with Crippen molar-refractivity contribution in [2.24, 2.45) is 5.73 Å². The summed E-state index contributed by atoms with van der Waals surface area (Å²) in [4.78, 5) is 0. The average molecular weight is 291 g/mol. The maximum Gasteiger partial charge on any atom is 0.0554 e. The van der Waals surface area contributed by atoms with E-state index >= 15 is 0 Å². The third-order valence-electron chi connectivity index (χ3n) is 2.87. The summed E-state index contributed by atoms with van der Waals surface area (Å²) in [5.41, 5.74) is 16.1. The number of hydrogen-bond donors (Lipinski definition) is 2. The Balaban J connectivity index is 2.39. The predicted octanol–water partition coefficient (Wildman–Crippen LogP) is 3.39. The molecule has 17 heavy (non-hydrogen) atoms. The molecular formula is C14H15BrN2. The topological polar surface area (TPSA) is 52.0 Å². The van der Waals surface area contributed by atoms with E-state index in [2.05, 4.69) is 35.0 Å². The van der Waals surface area contributed by atoms with Crippen LogP contribution >= 0.6 is 15.9 Å². The fourth-order valence-corrected chi connectivity index (χ4v) is 2.21. The van der Waals surface area contributed by atoms with Gasteiger partial charge in [0.15, 0.2) is 0 Å². The monoisotopic (exact) mass is 290 g/mol. The normalized spacial score (nSPS) is 12.4. The van der Waals surface area contributed by atoms with Crippen molar-refractivity contribution in [3.05, 3.63) is 63.6 Å². The summed E-state index contributed by atoms with van der Waals surface area (Å²) in [6.45, 7) is 2.07. The van der Waals surface area contributed by atoms with Crippen molar-refractivity contribution in [2.45, 2.75) is 13.0 Å². The Morgan fingerprint density at radius 2 is 1.71 bits per heavy atom. The number of hydrogen-bond acceptors (Lipinski definition) is 2. The third kappa shape index (κ3) is 2.68. The van der Waals surface area contributed by atoms with Crippen molar-refractivity contribution in [2.75, 3.05) is 5.73 Å². The fourth-order valence-electron chi connectivity index (χ4n) is 1.83. The Hall–Kier alpha value is -1.32. The van der Waals surface area contributed by atoms with Crippen molar-refractivity contribution in [3.63, 3.8) is 0 Å². The van der Waals surface area contributed by atoms with Gasteiger partial charge < -0.3 is 11.5 Å². The van der Waals surface area contributed by atoms with E-state index in [4.69, 9.17) is 11.5 Å². The standard InChI is InChI=1S/C14H15BrN2/c1-9-2-5-11(15)8-13(9)14(17)10-3-6-12(16)7-4-10/h2-8,14H,16-17H2,1H3. The van der Waals surface area contributed by atoms with Crippen LogP contribution in [0.1, 0.15) is 22.7 Å². The molecule has 88 valence electrons. The number of nitrogens with two attached hydrogens (primary N) is 2. The molecule has 2 aromatic carbocycles. The minimum Gasteiger partial charge on any atom is -0.399 e. The quantitative estimate of drug-likeness (QED) is 0.833. The second-order valence-corrected chi connectivity index (χ2v) is 5.06. The Morgan fingerprint density at radius 1 is 1.06 bits per heavy atom. The van der Waals surface area contributed by atoms with E-state index in [1.165, 1.54) is 5.56 Å². The third-order valence-corrected chi connectivity index (χ3v) is 3.37. The molecule has 0 aliphatic heterocycles. The minimum atomic E-state index is -0.118. The number of benzene rings is 2. The molecule has 0 heterocycles. The minimum absolute atomic E-state index is 0.118. The summed E-state index contributed by atoms with van der Waals surface area (Å²) < 4.78 is 1.05. The van der Waals surface area contributed by atoms with Crippen molar-refractivity contribution >= 4 is 21.6 Å². The van der Waals surface area contributed by atoms with E-state index < -0.39 is 0 Å². The lowest BCUT2D eigenvalue weighted by Crippen LogP contribution is -2.13. The van der Waals surface area contributed by atoms with Gasteiger partial charge in [-0.2, -0.15) is 0 Å². The summed E-state index contributed by atoms with van der Waals surface area (Å²) in [5, 5.41) is 0. The molecule has 1 unspecified atom stereocenters. The summed E-state index contributed by atoms with van der Waals surface area (Å²) >= 11 is 3.47. The van der Waals surface area contributed by atoms with Crippen LogP contribution in [0.15, 0.2) is 46.9 Å². The van der Waals surface area contributed by atoms with Crippen LogP contribution in [0.5, 0.6) is 0 Å². The van der Waals surface area contributed by atoms with Crippen molar-refractivity contribution in [1.82, 2.24) is 0 Å². The van der Waals surface area contributed by atoms with Gasteiger partial charge in [0.1, 0.15) is 0 Å². The van der Waals surface area contributed by atoms with Gasteiger partial charge in [-0.3, -0.25) is 0 Å². The number of anilines is 1. The SMILES string of the molecule is Cc1ccc(Br)cc1C(N)c1ccc(N)cc1. The molecule has 0 aromatic heterocycles. The van der Waals surface area contributed by atoms with Gasteiger partial charge in [0.2, 0.25) is 0 Å². The zero-order valence-corrected chi connectivity index (χ0v) is 11.2. The van der Waals surface area contributed by atoms with Gasteiger partial charge in [-0.05, 0) is 47.9 Å². The highest BCUT2D eigenvalue weighted by atomic mass is 79.9. The summed E-state index contributed by atoms with van der Waals surface area (Å²) in [7, 11) is 0. The van der Waals surface area contributed by atoms with E-state index in [1.54, 1.807) is 0 Å². The molecule has 0 fully saturated rings. The molecule has 2 nitrogen and oxygen atoms in total. The van der Waals surface area contributed by atoms with Crippen LogP contribution in [0.4, 0.5) is 5.69 Å². The lowest BCUT2D eigenvalue weighted by atomic mass is 9.96. The number of rotatable bonds is 2. The molecule has 0 saturated carbocycles. The van der Waals surface area contributed by atoms with Gasteiger partial charge in [0.05, 0.1) is 6.04 Å². The largest absolute Gasteiger partial charge is 0.399 e. The van der Waals surface area contributed by atoms with Crippen molar-refractivity contribution in [3.8, 4) is 0 Å². The number of aryl methyl sites for hydroxylation is 1. The number of halogens is 1. The molecule has 2 rings (SSSR count). The Labute approximate surface area is 110 Å². The van der Waals surface area contributed by atoms with Crippen LogP contribution in [0.2, 0.25) is 0 Å². The molecule has 0 aliphatic rings.